The summed E-state index contributed by atoms with van der Waals surface area (Å²) in [7, 11) is 0. The molecule has 0 unspecified atom stereocenters. The van der Waals surface area contributed by atoms with Crippen molar-refractivity contribution in [1.82, 2.24) is 10.2 Å². The minimum atomic E-state index is -0.335. The largest absolute Gasteiger partial charge is 0.508 e. The summed E-state index contributed by atoms with van der Waals surface area (Å²) in [4.78, 5) is 2.52. The third-order valence-corrected chi connectivity index (χ3v) is 6.73. The average Bonchev–Trinajstić information content (AvgIpc) is 3.23. The molecule has 0 aliphatic carbocycles. The second-order valence-corrected chi connectivity index (χ2v) is 8.26. The topological polar surface area (TPSA) is 55.7 Å². The summed E-state index contributed by atoms with van der Waals surface area (Å²) in [6.45, 7) is 7.66. The number of aromatic hydroxyl groups is 1. The molecule has 2 aliphatic rings. The van der Waals surface area contributed by atoms with E-state index in [1.807, 2.05) is 12.1 Å². The van der Waals surface area contributed by atoms with Crippen molar-refractivity contribution in [1.29, 1.82) is 0 Å². The third-order valence-electron chi connectivity index (χ3n) is 6.73. The van der Waals surface area contributed by atoms with Gasteiger partial charge in [-0.15, -0.1) is 0 Å². The predicted molar refractivity (Wildman–Crippen MR) is 108 cm³/mol. The number of rotatable bonds is 5. The van der Waals surface area contributed by atoms with Crippen LogP contribution in [0.15, 0.2) is 48.5 Å². The highest BCUT2D eigenvalue weighted by Gasteiger charge is 2.56. The summed E-state index contributed by atoms with van der Waals surface area (Å²) < 4.78 is 0. The zero-order valence-corrected chi connectivity index (χ0v) is 16.2. The van der Waals surface area contributed by atoms with Crippen LogP contribution < -0.4 is 5.32 Å². The highest BCUT2D eigenvalue weighted by atomic mass is 16.3. The van der Waals surface area contributed by atoms with E-state index in [2.05, 4.69) is 48.3 Å². The van der Waals surface area contributed by atoms with Crippen LogP contribution in [0.4, 0.5) is 0 Å². The van der Waals surface area contributed by atoms with E-state index in [9.17, 15) is 10.2 Å². The second kappa shape index (κ2) is 7.27. The quantitative estimate of drug-likeness (QED) is 0.762. The standard InChI is InChI=1S/C23H30N2O2/c1-3-25-13-20-21(14-25)23(15-26,12-17-8-10-18(27)11-9-17)24-22(20)19-7-5-4-6-16(19)2/h4-11,20-22,24,26-27H,3,12-15H2,1-2H3/t20-,21+,22-,23+/m0/s1. The van der Waals surface area contributed by atoms with Gasteiger partial charge in [0, 0.05) is 19.1 Å². The molecule has 4 atom stereocenters. The highest BCUT2D eigenvalue weighted by molar-refractivity contribution is 5.34. The number of fused-ring (bicyclic) bond motifs is 1. The van der Waals surface area contributed by atoms with Crippen LogP contribution in [-0.2, 0) is 6.42 Å². The molecule has 2 aromatic carbocycles. The van der Waals surface area contributed by atoms with E-state index in [1.165, 1.54) is 11.1 Å². The summed E-state index contributed by atoms with van der Waals surface area (Å²) in [6, 6.07) is 16.3. The van der Waals surface area contributed by atoms with Crippen molar-refractivity contribution in [2.75, 3.05) is 26.2 Å². The maximum atomic E-state index is 10.5. The fraction of sp³-hybridized carbons (Fsp3) is 0.478. The maximum absolute atomic E-state index is 10.5. The van der Waals surface area contributed by atoms with Gasteiger partial charge in [-0.2, -0.15) is 0 Å². The summed E-state index contributed by atoms with van der Waals surface area (Å²) >= 11 is 0. The molecular weight excluding hydrogens is 336 g/mol. The van der Waals surface area contributed by atoms with Crippen molar-refractivity contribution in [3.05, 3.63) is 65.2 Å². The second-order valence-electron chi connectivity index (χ2n) is 8.26. The zero-order valence-electron chi connectivity index (χ0n) is 16.2. The van der Waals surface area contributed by atoms with Gasteiger partial charge in [-0.05, 0) is 60.5 Å². The van der Waals surface area contributed by atoms with E-state index in [4.69, 9.17) is 0 Å². The molecular formula is C23H30N2O2. The van der Waals surface area contributed by atoms with Gasteiger partial charge in [-0.1, -0.05) is 43.3 Å². The van der Waals surface area contributed by atoms with Crippen molar-refractivity contribution in [3.8, 4) is 5.75 Å². The Kier molecular flexibility index (Phi) is 4.97. The van der Waals surface area contributed by atoms with Crippen LogP contribution in [0.1, 0.15) is 29.7 Å². The van der Waals surface area contributed by atoms with E-state index in [0.29, 0.717) is 11.8 Å². The summed E-state index contributed by atoms with van der Waals surface area (Å²) in [5.74, 6) is 1.18. The Hall–Kier alpha value is -1.88. The van der Waals surface area contributed by atoms with Gasteiger partial charge in [-0.3, -0.25) is 0 Å². The molecule has 27 heavy (non-hydrogen) atoms. The monoisotopic (exact) mass is 366 g/mol. The number of aliphatic hydroxyl groups excluding tert-OH is 1. The Balaban J connectivity index is 1.70. The molecule has 4 heteroatoms. The fourth-order valence-electron chi connectivity index (χ4n) is 5.24. The van der Waals surface area contributed by atoms with Crippen molar-refractivity contribution in [3.63, 3.8) is 0 Å². The Labute approximate surface area is 161 Å². The molecule has 2 saturated heterocycles. The molecule has 0 saturated carbocycles. The molecule has 4 nitrogen and oxygen atoms in total. The molecule has 2 heterocycles. The molecule has 0 amide bonds. The van der Waals surface area contributed by atoms with Crippen molar-refractivity contribution in [2.24, 2.45) is 11.8 Å². The number of phenols is 1. The third kappa shape index (κ3) is 3.27. The molecule has 0 spiro atoms. The lowest BCUT2D eigenvalue weighted by Gasteiger charge is -2.35. The number of likely N-dealkylation sites (tertiary alicyclic amines) is 1. The highest BCUT2D eigenvalue weighted by Crippen LogP contribution is 2.48. The van der Waals surface area contributed by atoms with Gasteiger partial charge in [-0.25, -0.2) is 0 Å². The smallest absolute Gasteiger partial charge is 0.115 e. The number of phenolic OH excluding ortho intramolecular Hbond substituents is 1. The lowest BCUT2D eigenvalue weighted by atomic mass is 9.77. The van der Waals surface area contributed by atoms with Gasteiger partial charge in [0.1, 0.15) is 5.75 Å². The minimum absolute atomic E-state index is 0.120. The molecule has 144 valence electrons. The van der Waals surface area contributed by atoms with Crippen molar-refractivity contribution >= 4 is 0 Å². The number of aliphatic hydroxyl groups is 1. The molecule has 0 aromatic heterocycles. The number of benzene rings is 2. The predicted octanol–water partition coefficient (Wildman–Crippen LogP) is 2.89. The first-order valence-corrected chi connectivity index (χ1v) is 10.0. The lowest BCUT2D eigenvalue weighted by molar-refractivity contribution is 0.127. The molecule has 2 aromatic rings. The fourth-order valence-corrected chi connectivity index (χ4v) is 5.24. The summed E-state index contributed by atoms with van der Waals surface area (Å²) in [5, 5.41) is 24.0. The van der Waals surface area contributed by atoms with E-state index in [-0.39, 0.29) is 23.9 Å². The van der Waals surface area contributed by atoms with Crippen LogP contribution in [0.3, 0.4) is 0 Å². The Morgan fingerprint density at radius 2 is 1.85 bits per heavy atom. The summed E-state index contributed by atoms with van der Waals surface area (Å²) in [6.07, 6.45) is 0.769. The number of aryl methyl sites for hydroxylation is 1. The number of hydrogen-bond donors (Lipinski definition) is 3. The van der Waals surface area contributed by atoms with Crippen LogP contribution in [0.2, 0.25) is 0 Å². The van der Waals surface area contributed by atoms with Crippen LogP contribution >= 0.6 is 0 Å². The molecule has 2 fully saturated rings. The SMILES string of the molecule is CCN1C[C@H]2[C@@H](C1)[C@](CO)(Cc1ccc(O)cc1)N[C@H]2c1ccccc1C. The van der Waals surface area contributed by atoms with Gasteiger partial charge in [0.25, 0.3) is 0 Å². The van der Waals surface area contributed by atoms with Crippen molar-refractivity contribution < 1.29 is 10.2 Å². The van der Waals surface area contributed by atoms with Crippen LogP contribution in [0.25, 0.3) is 0 Å². The Morgan fingerprint density at radius 3 is 2.52 bits per heavy atom. The van der Waals surface area contributed by atoms with Crippen LogP contribution in [0, 0.1) is 18.8 Å². The van der Waals surface area contributed by atoms with Gasteiger partial charge in [0.15, 0.2) is 0 Å². The van der Waals surface area contributed by atoms with Gasteiger partial charge >= 0.3 is 0 Å². The molecule has 2 aliphatic heterocycles. The first-order valence-electron chi connectivity index (χ1n) is 10.0. The Bertz CT molecular complexity index is 791. The van der Waals surface area contributed by atoms with E-state index >= 15 is 0 Å². The number of nitrogens with one attached hydrogen (secondary N) is 1. The molecule has 3 N–H and O–H groups in total. The first-order chi connectivity index (χ1) is 13.1. The van der Waals surface area contributed by atoms with Gasteiger partial charge in [0.05, 0.1) is 12.1 Å². The van der Waals surface area contributed by atoms with E-state index in [0.717, 1.165) is 31.6 Å². The van der Waals surface area contributed by atoms with Gasteiger partial charge < -0.3 is 20.4 Å². The van der Waals surface area contributed by atoms with Crippen molar-refractivity contribution in [2.45, 2.75) is 31.8 Å². The molecule has 4 rings (SSSR count). The van der Waals surface area contributed by atoms with E-state index in [1.54, 1.807) is 12.1 Å². The minimum Gasteiger partial charge on any atom is -0.508 e. The van der Waals surface area contributed by atoms with Crippen LogP contribution in [0.5, 0.6) is 5.75 Å². The molecule has 0 bridgehead atoms. The van der Waals surface area contributed by atoms with Gasteiger partial charge in [0.2, 0.25) is 0 Å². The lowest BCUT2D eigenvalue weighted by Crippen LogP contribution is -2.52. The van der Waals surface area contributed by atoms with Crippen LogP contribution in [-0.4, -0.2) is 46.9 Å². The number of nitrogens with zero attached hydrogens (tertiary/aromatic N) is 1. The van der Waals surface area contributed by atoms with E-state index < -0.39 is 0 Å². The maximum Gasteiger partial charge on any atom is 0.115 e. The number of hydrogen-bond acceptors (Lipinski definition) is 4. The first kappa shape index (κ1) is 18.5. The normalized spacial score (nSPS) is 30.6. The zero-order chi connectivity index (χ0) is 19.0. The average molecular weight is 367 g/mol. The Morgan fingerprint density at radius 1 is 1.11 bits per heavy atom. The molecule has 0 radical (unpaired) electrons. The summed E-state index contributed by atoms with van der Waals surface area (Å²) in [5.41, 5.74) is 3.47.